The van der Waals surface area contributed by atoms with Gasteiger partial charge in [0.05, 0.1) is 11.6 Å². The van der Waals surface area contributed by atoms with Crippen LogP contribution in [0.3, 0.4) is 0 Å². The van der Waals surface area contributed by atoms with Crippen LogP contribution < -0.4 is 5.32 Å². The van der Waals surface area contributed by atoms with Crippen LogP contribution >= 0.6 is 11.6 Å². The second-order valence-electron chi connectivity index (χ2n) is 4.77. The summed E-state index contributed by atoms with van der Waals surface area (Å²) in [6, 6.07) is 15.7. The number of nitrogens with one attached hydrogen (secondary N) is 1. The minimum Gasteiger partial charge on any atom is -0.321 e. The van der Waals surface area contributed by atoms with Gasteiger partial charge >= 0.3 is 0 Å². The summed E-state index contributed by atoms with van der Waals surface area (Å²) in [5, 5.41) is 21.2. The molecule has 0 unspecified atom stereocenters. The molecule has 0 radical (unpaired) electrons. The Bertz CT molecular complexity index is 855. The van der Waals surface area contributed by atoms with Gasteiger partial charge in [-0.2, -0.15) is 10.5 Å². The fourth-order valence-corrected chi connectivity index (χ4v) is 2.08. The highest BCUT2D eigenvalue weighted by atomic mass is 35.5. The zero-order valence-electron chi connectivity index (χ0n) is 12.3. The van der Waals surface area contributed by atoms with E-state index in [0.29, 0.717) is 21.8 Å². The van der Waals surface area contributed by atoms with E-state index in [-0.39, 0.29) is 5.57 Å². The predicted molar refractivity (Wildman–Crippen MR) is 89.6 cm³/mol. The Balaban J connectivity index is 2.24. The minimum absolute atomic E-state index is 0.0333. The van der Waals surface area contributed by atoms with Gasteiger partial charge in [-0.3, -0.25) is 4.79 Å². The molecule has 0 bridgehead atoms. The van der Waals surface area contributed by atoms with E-state index in [1.165, 1.54) is 6.08 Å². The highest BCUT2D eigenvalue weighted by molar-refractivity contribution is 6.31. The molecule has 0 aromatic heterocycles. The predicted octanol–water partition coefficient (Wildman–Crippen LogP) is 4.07. The van der Waals surface area contributed by atoms with E-state index < -0.39 is 5.91 Å². The van der Waals surface area contributed by atoms with Gasteiger partial charge in [0.15, 0.2) is 0 Å². The Morgan fingerprint density at radius 3 is 2.48 bits per heavy atom. The Morgan fingerprint density at radius 2 is 1.87 bits per heavy atom. The molecule has 1 N–H and O–H groups in total. The van der Waals surface area contributed by atoms with Crippen LogP contribution in [0.5, 0.6) is 0 Å². The second kappa shape index (κ2) is 7.26. The van der Waals surface area contributed by atoms with Gasteiger partial charge < -0.3 is 5.32 Å². The summed E-state index contributed by atoms with van der Waals surface area (Å²) < 4.78 is 0. The van der Waals surface area contributed by atoms with Crippen molar-refractivity contribution < 1.29 is 4.79 Å². The third-order valence-corrected chi connectivity index (χ3v) is 3.64. The average Bonchev–Trinajstić information content (AvgIpc) is 2.57. The van der Waals surface area contributed by atoms with Crippen molar-refractivity contribution in [1.82, 2.24) is 0 Å². The van der Waals surface area contributed by atoms with E-state index in [2.05, 4.69) is 5.32 Å². The van der Waals surface area contributed by atoms with E-state index in [4.69, 9.17) is 16.9 Å². The molecule has 2 rings (SSSR count). The molecule has 0 aliphatic carbocycles. The van der Waals surface area contributed by atoms with E-state index in [1.807, 2.05) is 12.1 Å². The molecule has 0 saturated carbocycles. The van der Waals surface area contributed by atoms with Crippen LogP contribution in [0.25, 0.3) is 6.08 Å². The van der Waals surface area contributed by atoms with Gasteiger partial charge in [-0.15, -0.1) is 0 Å². The number of nitrogens with zero attached hydrogens (tertiary/aromatic N) is 2. The standard InChI is InChI=1S/C18H12ClN3O/c1-12-16(19)3-2-4-17(12)22-18(23)15(11-21)9-13-5-7-14(10-20)8-6-13/h2-9H,1H3,(H,22,23)/b15-9-. The Labute approximate surface area is 139 Å². The summed E-state index contributed by atoms with van der Waals surface area (Å²) in [5.41, 5.74) is 2.44. The molecule has 2 aromatic carbocycles. The fourth-order valence-electron chi connectivity index (χ4n) is 1.90. The maximum atomic E-state index is 12.2. The van der Waals surface area contributed by atoms with Crippen molar-refractivity contribution in [3.8, 4) is 12.1 Å². The van der Waals surface area contributed by atoms with Crippen molar-refractivity contribution in [3.05, 3.63) is 69.8 Å². The first-order valence-electron chi connectivity index (χ1n) is 6.73. The third-order valence-electron chi connectivity index (χ3n) is 3.23. The molecule has 2 aromatic rings. The molecule has 112 valence electrons. The molecular weight excluding hydrogens is 310 g/mol. The molecule has 0 fully saturated rings. The lowest BCUT2D eigenvalue weighted by Gasteiger charge is -2.08. The summed E-state index contributed by atoms with van der Waals surface area (Å²) in [6.07, 6.45) is 1.47. The molecule has 5 heteroatoms. The number of halogens is 1. The van der Waals surface area contributed by atoms with Crippen LogP contribution in [-0.4, -0.2) is 5.91 Å². The highest BCUT2D eigenvalue weighted by Gasteiger charge is 2.11. The molecule has 0 saturated heterocycles. The van der Waals surface area contributed by atoms with E-state index in [9.17, 15) is 10.1 Å². The first kappa shape index (κ1) is 16.3. The summed E-state index contributed by atoms with van der Waals surface area (Å²) in [4.78, 5) is 12.2. The number of carbonyl (C=O) groups excluding carboxylic acids is 1. The van der Waals surface area contributed by atoms with Crippen LogP contribution in [0, 0.1) is 29.6 Å². The van der Waals surface area contributed by atoms with Crippen molar-refractivity contribution in [2.45, 2.75) is 6.92 Å². The van der Waals surface area contributed by atoms with Gasteiger partial charge in [-0.05, 0) is 48.4 Å². The largest absolute Gasteiger partial charge is 0.321 e. The molecule has 0 aliphatic heterocycles. The van der Waals surface area contributed by atoms with Gasteiger partial charge in [0.2, 0.25) is 0 Å². The van der Waals surface area contributed by atoms with Gasteiger partial charge in [-0.25, -0.2) is 0 Å². The molecule has 1 amide bonds. The molecule has 0 spiro atoms. The first-order chi connectivity index (χ1) is 11.0. The van der Waals surface area contributed by atoms with Crippen LogP contribution in [-0.2, 0) is 4.79 Å². The van der Waals surface area contributed by atoms with Crippen molar-refractivity contribution in [2.75, 3.05) is 5.32 Å². The van der Waals surface area contributed by atoms with Gasteiger partial charge in [0.1, 0.15) is 11.6 Å². The van der Waals surface area contributed by atoms with Gasteiger partial charge in [-0.1, -0.05) is 29.8 Å². The van der Waals surface area contributed by atoms with E-state index in [0.717, 1.165) is 5.56 Å². The van der Waals surface area contributed by atoms with Crippen molar-refractivity contribution in [3.63, 3.8) is 0 Å². The number of nitriles is 2. The van der Waals surface area contributed by atoms with Crippen LogP contribution in [0.1, 0.15) is 16.7 Å². The smallest absolute Gasteiger partial charge is 0.266 e. The maximum absolute atomic E-state index is 12.2. The zero-order valence-corrected chi connectivity index (χ0v) is 13.1. The first-order valence-corrected chi connectivity index (χ1v) is 7.11. The van der Waals surface area contributed by atoms with Crippen LogP contribution in [0.15, 0.2) is 48.0 Å². The van der Waals surface area contributed by atoms with Crippen molar-refractivity contribution in [1.29, 1.82) is 10.5 Å². The molecule has 23 heavy (non-hydrogen) atoms. The monoisotopic (exact) mass is 321 g/mol. The minimum atomic E-state index is -0.512. The lowest BCUT2D eigenvalue weighted by Crippen LogP contribution is -2.14. The second-order valence-corrected chi connectivity index (χ2v) is 5.18. The molecule has 4 nitrogen and oxygen atoms in total. The number of amides is 1. The number of benzene rings is 2. The Kier molecular flexibility index (Phi) is 5.15. The van der Waals surface area contributed by atoms with Gasteiger partial charge in [0, 0.05) is 10.7 Å². The van der Waals surface area contributed by atoms with Crippen molar-refractivity contribution >= 4 is 29.3 Å². The quantitative estimate of drug-likeness (QED) is 0.684. The maximum Gasteiger partial charge on any atom is 0.266 e. The zero-order chi connectivity index (χ0) is 16.8. The summed E-state index contributed by atoms with van der Waals surface area (Å²) >= 11 is 6.01. The molecular formula is C18H12ClN3O. The highest BCUT2D eigenvalue weighted by Crippen LogP contribution is 2.23. The lowest BCUT2D eigenvalue weighted by atomic mass is 10.1. The summed E-state index contributed by atoms with van der Waals surface area (Å²) in [7, 11) is 0. The fraction of sp³-hybridized carbons (Fsp3) is 0.0556. The summed E-state index contributed by atoms with van der Waals surface area (Å²) in [5.74, 6) is -0.512. The van der Waals surface area contributed by atoms with Crippen molar-refractivity contribution in [2.24, 2.45) is 0 Å². The topological polar surface area (TPSA) is 76.7 Å². The van der Waals surface area contributed by atoms with Crippen LogP contribution in [0.2, 0.25) is 5.02 Å². The van der Waals surface area contributed by atoms with E-state index >= 15 is 0 Å². The molecule has 0 atom stereocenters. The van der Waals surface area contributed by atoms with E-state index in [1.54, 1.807) is 49.4 Å². The number of carbonyl (C=O) groups is 1. The molecule has 0 heterocycles. The lowest BCUT2D eigenvalue weighted by molar-refractivity contribution is -0.112. The summed E-state index contributed by atoms with van der Waals surface area (Å²) in [6.45, 7) is 1.79. The Morgan fingerprint density at radius 1 is 1.17 bits per heavy atom. The Hall–Kier alpha value is -3.08. The number of rotatable bonds is 3. The average molecular weight is 322 g/mol. The SMILES string of the molecule is Cc1c(Cl)cccc1NC(=O)/C(C#N)=C\c1ccc(C#N)cc1. The normalized spacial score (nSPS) is 10.5. The van der Waals surface area contributed by atoms with Crippen LogP contribution in [0.4, 0.5) is 5.69 Å². The van der Waals surface area contributed by atoms with Gasteiger partial charge in [0.25, 0.3) is 5.91 Å². The molecule has 0 aliphatic rings. The third kappa shape index (κ3) is 3.97. The number of hydrogen-bond acceptors (Lipinski definition) is 3. The number of hydrogen-bond donors (Lipinski definition) is 1. The number of anilines is 1.